The molecule has 3 aromatic rings. The molecule has 0 radical (unpaired) electrons. The molecule has 0 bridgehead atoms. The number of amides is 4. The second-order valence-electron chi connectivity index (χ2n) is 17.3. The highest BCUT2D eigenvalue weighted by atomic mass is 35.5. The molecular weight excluding hydrogens is 857 g/mol. The van der Waals surface area contributed by atoms with Gasteiger partial charge in [-0.3, -0.25) is 29.4 Å². The lowest BCUT2D eigenvalue weighted by atomic mass is 9.72. The van der Waals surface area contributed by atoms with Gasteiger partial charge in [0.2, 0.25) is 11.8 Å². The van der Waals surface area contributed by atoms with E-state index in [4.69, 9.17) is 36.5 Å². The Morgan fingerprint density at radius 2 is 1.75 bits per heavy atom. The highest BCUT2D eigenvalue weighted by Gasteiger charge is 2.45. The summed E-state index contributed by atoms with van der Waals surface area (Å²) in [5, 5.41) is 5.41. The number of carbonyl (C=O) groups excluding carboxylic acids is 4. The zero-order valence-corrected chi connectivity index (χ0v) is 36.7. The summed E-state index contributed by atoms with van der Waals surface area (Å²) in [4.78, 5) is 69.8. The van der Waals surface area contributed by atoms with Gasteiger partial charge in [-0.05, 0) is 79.1 Å². The van der Waals surface area contributed by atoms with E-state index in [1.165, 1.54) is 23.2 Å². The molecule has 2 unspecified atom stereocenters. The number of rotatable bonds is 14. The molecule has 3 fully saturated rings. The Labute approximate surface area is 380 Å². The summed E-state index contributed by atoms with van der Waals surface area (Å²) >= 11 is 6.04. The molecule has 3 saturated heterocycles. The number of likely N-dealkylation sites (tertiary alicyclic amines) is 2. The van der Waals surface area contributed by atoms with Gasteiger partial charge in [-0.1, -0.05) is 23.7 Å². The van der Waals surface area contributed by atoms with Crippen molar-refractivity contribution in [3.05, 3.63) is 106 Å². The third-order valence-corrected chi connectivity index (χ3v) is 13.3. The molecule has 0 saturated carbocycles. The summed E-state index contributed by atoms with van der Waals surface area (Å²) in [5.41, 5.74) is 9.57. The maximum atomic E-state index is 16.0. The second-order valence-corrected chi connectivity index (χ2v) is 17.7. The zero-order valence-electron chi connectivity index (χ0n) is 35.9. The number of imide groups is 1. The fourth-order valence-corrected chi connectivity index (χ4v) is 9.73. The van der Waals surface area contributed by atoms with Crippen LogP contribution in [0.1, 0.15) is 70.4 Å². The van der Waals surface area contributed by atoms with Gasteiger partial charge in [-0.15, -0.1) is 0 Å². The minimum atomic E-state index is -0.652. The molecule has 6 aliphatic heterocycles. The van der Waals surface area contributed by atoms with Gasteiger partial charge in [0.15, 0.2) is 0 Å². The van der Waals surface area contributed by atoms with Gasteiger partial charge in [0.25, 0.3) is 11.8 Å². The van der Waals surface area contributed by atoms with Gasteiger partial charge in [0.05, 0.1) is 32.1 Å². The zero-order chi connectivity index (χ0) is 45.1. The number of hydrogen-bond donors (Lipinski definition) is 3. The Balaban J connectivity index is 0.696. The van der Waals surface area contributed by atoms with Crippen LogP contribution >= 0.6 is 11.6 Å². The van der Waals surface area contributed by atoms with Crippen molar-refractivity contribution in [1.82, 2.24) is 25.0 Å². The summed E-state index contributed by atoms with van der Waals surface area (Å²) < 4.78 is 33.5. The number of nitrogens with two attached hydrogens (primary N) is 1. The van der Waals surface area contributed by atoms with Crippen LogP contribution in [0.5, 0.6) is 5.75 Å². The molecule has 65 heavy (non-hydrogen) atoms. The van der Waals surface area contributed by atoms with Crippen molar-refractivity contribution in [2.45, 2.75) is 51.1 Å². The molecule has 9 rings (SSSR count). The molecule has 4 N–H and O–H groups in total. The molecule has 7 heterocycles. The smallest absolute Gasteiger partial charge is 0.256 e. The number of fused-ring (bicyclic) bond motifs is 2. The van der Waals surface area contributed by atoms with Crippen LogP contribution in [0, 0.1) is 17.2 Å². The van der Waals surface area contributed by atoms with E-state index in [2.05, 4.69) is 30.4 Å². The molecule has 1 spiro atoms. The van der Waals surface area contributed by atoms with E-state index in [-0.39, 0.29) is 46.5 Å². The Morgan fingerprint density at radius 3 is 2.54 bits per heavy atom. The number of ether oxygens (including phenoxy) is 3. The average molecular weight is 908 g/mol. The normalized spacial score (nSPS) is 21.6. The molecule has 1 aromatic heterocycles. The van der Waals surface area contributed by atoms with Crippen molar-refractivity contribution in [3.8, 4) is 5.75 Å². The van der Waals surface area contributed by atoms with Gasteiger partial charge in [-0.2, -0.15) is 0 Å². The van der Waals surface area contributed by atoms with Crippen molar-refractivity contribution in [2.24, 2.45) is 27.1 Å². The number of nitrogens with zero attached hydrogens (tertiary/aromatic N) is 6. The summed E-state index contributed by atoms with van der Waals surface area (Å²) in [6, 6.07) is 12.2. The first-order valence-electron chi connectivity index (χ1n) is 22.1. The van der Waals surface area contributed by atoms with E-state index in [1.807, 2.05) is 18.2 Å². The number of amidine groups is 2. The van der Waals surface area contributed by atoms with Crippen molar-refractivity contribution in [2.75, 3.05) is 71.1 Å². The van der Waals surface area contributed by atoms with E-state index in [1.54, 1.807) is 30.5 Å². The number of aromatic nitrogens is 1. The fourth-order valence-electron chi connectivity index (χ4n) is 9.57. The number of halogens is 2. The van der Waals surface area contributed by atoms with Gasteiger partial charge >= 0.3 is 0 Å². The Morgan fingerprint density at radius 1 is 0.954 bits per heavy atom. The van der Waals surface area contributed by atoms with Crippen LogP contribution in [0.4, 0.5) is 10.2 Å². The van der Waals surface area contributed by atoms with E-state index in [0.717, 1.165) is 63.4 Å². The van der Waals surface area contributed by atoms with Gasteiger partial charge in [-0.25, -0.2) is 19.4 Å². The van der Waals surface area contributed by atoms with Crippen molar-refractivity contribution < 1.29 is 37.8 Å². The SMILES string of the molecule is NC1=NC=CC2CCC(N3CCC4(CC3)CN(CCOCCOCCOc3ccc5c(c3)C(=O)N(C3CCC(=O)NC3=O)C5)C4)=NC(c3ccc(C(=O)Nc4cc(Cl)ccn4)cc3F)=C12. The van der Waals surface area contributed by atoms with E-state index >= 15 is 4.39 Å². The predicted molar refractivity (Wildman–Crippen MR) is 241 cm³/mol. The first-order valence-corrected chi connectivity index (χ1v) is 22.5. The first-order chi connectivity index (χ1) is 31.5. The third-order valence-electron chi connectivity index (χ3n) is 13.0. The molecule has 18 heteroatoms. The second kappa shape index (κ2) is 19.2. The quantitative estimate of drug-likeness (QED) is 0.149. The van der Waals surface area contributed by atoms with Crippen LogP contribution in [0.3, 0.4) is 0 Å². The number of benzene rings is 2. The minimum absolute atomic E-state index is 0.0709. The molecule has 340 valence electrons. The molecule has 16 nitrogen and oxygen atoms in total. The van der Waals surface area contributed by atoms with Crippen molar-refractivity contribution in [1.29, 1.82) is 0 Å². The number of aliphatic imine (C=N–C) groups is 2. The summed E-state index contributed by atoms with van der Waals surface area (Å²) in [6.07, 6.45) is 9.25. The lowest BCUT2D eigenvalue weighted by molar-refractivity contribution is -0.136. The number of carbonyl (C=O) groups is 4. The molecular formula is C47H51ClFN9O7. The molecule has 6 aliphatic rings. The van der Waals surface area contributed by atoms with E-state index < -0.39 is 23.7 Å². The Kier molecular flexibility index (Phi) is 13.1. The predicted octanol–water partition coefficient (Wildman–Crippen LogP) is 4.80. The number of hydrogen-bond acceptors (Lipinski definition) is 13. The highest BCUT2D eigenvalue weighted by molar-refractivity contribution is 6.30. The standard InChI is InChI=1S/C47H51ClFN9O7/c48-32-10-14-51-38(24-32)53-44(60)30-2-5-34(36(49)23-30)42-41-29(9-13-52-43(41)50)3-7-39(54-42)57-15-11-47(12-16-57)27-56(28-47)17-18-63-19-20-64-21-22-65-33-4-1-31-26-58(46(62)35(31)25-33)37-6-8-40(59)55-45(37)61/h1-2,4-5,9-10,13-14,23-25,29,37H,3,6-8,11-12,15-22,26-28H2,(H2,50,52)(H,51,53,60)(H,55,59,61). The average Bonchev–Trinajstić information content (AvgIpc) is 3.46. The number of piperidine rings is 2. The molecule has 2 aromatic carbocycles. The van der Waals surface area contributed by atoms with Gasteiger partial charge in [0, 0.05) is 97.7 Å². The third kappa shape index (κ3) is 9.83. The maximum Gasteiger partial charge on any atom is 0.256 e. The Hall–Kier alpha value is -6.01. The van der Waals surface area contributed by atoms with Crippen LogP contribution in [-0.4, -0.2) is 127 Å². The number of allylic oxidation sites excluding steroid dienone is 1. The van der Waals surface area contributed by atoms with Crippen LogP contribution in [-0.2, 0) is 25.6 Å². The topological polar surface area (TPSA) is 193 Å². The lowest BCUT2D eigenvalue weighted by Gasteiger charge is -2.54. The van der Waals surface area contributed by atoms with Crippen molar-refractivity contribution >= 4 is 58.4 Å². The fraction of sp³-hybridized carbons (Fsp3) is 0.426. The van der Waals surface area contributed by atoms with Crippen LogP contribution in [0.25, 0.3) is 5.70 Å². The van der Waals surface area contributed by atoms with E-state index in [9.17, 15) is 19.2 Å². The van der Waals surface area contributed by atoms with Crippen LogP contribution < -0.4 is 21.1 Å². The van der Waals surface area contributed by atoms with Gasteiger partial charge in [0.1, 0.15) is 41.7 Å². The van der Waals surface area contributed by atoms with Crippen LogP contribution in [0.2, 0.25) is 5.02 Å². The summed E-state index contributed by atoms with van der Waals surface area (Å²) in [6.45, 7) is 7.09. The summed E-state index contributed by atoms with van der Waals surface area (Å²) in [7, 11) is 0. The number of nitrogens with one attached hydrogen (secondary N) is 2. The highest BCUT2D eigenvalue weighted by Crippen LogP contribution is 2.42. The van der Waals surface area contributed by atoms with Crippen molar-refractivity contribution in [3.63, 3.8) is 0 Å². The monoisotopic (exact) mass is 907 g/mol. The van der Waals surface area contributed by atoms with Crippen LogP contribution in [0.15, 0.2) is 82.6 Å². The largest absolute Gasteiger partial charge is 0.491 e. The Bertz CT molecular complexity index is 2500. The van der Waals surface area contributed by atoms with Gasteiger partial charge < -0.3 is 35.1 Å². The first kappa shape index (κ1) is 44.2. The summed E-state index contributed by atoms with van der Waals surface area (Å²) in [5.74, 6) is -0.117. The molecule has 4 amide bonds. The number of pyridine rings is 1. The lowest BCUT2D eigenvalue weighted by Crippen LogP contribution is -2.61. The maximum absolute atomic E-state index is 16.0. The molecule has 0 aliphatic carbocycles. The molecule has 2 atom stereocenters. The van der Waals surface area contributed by atoms with E-state index in [0.29, 0.717) is 85.9 Å². The number of anilines is 1. The minimum Gasteiger partial charge on any atom is -0.491 e.